The molecule has 0 aliphatic heterocycles. The summed E-state index contributed by atoms with van der Waals surface area (Å²) in [4.78, 5) is 47.2. The molecule has 0 rings (SSSR count). The van der Waals surface area contributed by atoms with Crippen molar-refractivity contribution in [2.24, 2.45) is 29.6 Å². The van der Waals surface area contributed by atoms with E-state index in [2.05, 4.69) is 105 Å². The number of rotatable bonds is 54. The molecule has 0 aromatic heterocycles. The highest BCUT2D eigenvalue weighted by Crippen LogP contribution is 2.24. The zero-order chi connectivity index (χ0) is 56.9. The van der Waals surface area contributed by atoms with Gasteiger partial charge in [0.05, 0.1) is 6.61 Å². The second-order valence-electron chi connectivity index (χ2n) is 24.1. The zero-order valence-electron chi connectivity index (χ0n) is 51.0. The third kappa shape index (κ3) is 42.9. The summed E-state index contributed by atoms with van der Waals surface area (Å²) in [6.45, 7) is 23.5. The first-order chi connectivity index (χ1) is 36.3. The lowest BCUT2D eigenvalue weighted by molar-refractivity contribution is -0.148. The molecule has 0 aromatic rings. The van der Waals surface area contributed by atoms with E-state index in [0.717, 1.165) is 44.6 Å². The van der Waals surface area contributed by atoms with Crippen LogP contribution in [0.1, 0.15) is 215 Å². The van der Waals surface area contributed by atoms with Crippen LogP contribution in [0.2, 0.25) is 0 Å². The summed E-state index contributed by atoms with van der Waals surface area (Å²) in [7, 11) is 9.21. The molecule has 0 saturated carbocycles. The molecule has 15 nitrogen and oxygen atoms in total. The maximum Gasteiger partial charge on any atom is 0.251 e. The molecule has 452 valence electrons. The van der Waals surface area contributed by atoms with Gasteiger partial charge in [-0.1, -0.05) is 138 Å². The predicted molar refractivity (Wildman–Crippen MR) is 316 cm³/mol. The Hall–Kier alpha value is -1.95. The Kier molecular flexibility index (Phi) is 47.7. The van der Waals surface area contributed by atoms with Gasteiger partial charge >= 0.3 is 0 Å². The quantitative estimate of drug-likeness (QED) is 0.0272. The van der Waals surface area contributed by atoms with E-state index in [0.29, 0.717) is 36.5 Å². The Morgan fingerprint density at radius 2 is 0.776 bits per heavy atom. The largest absolute Gasteiger partial charge is 0.394 e. The first-order valence-electron chi connectivity index (χ1n) is 31.2. The molecule has 0 radical (unpaired) electrons. The van der Waals surface area contributed by atoms with E-state index >= 15 is 0 Å². The molecule has 0 spiro atoms. The lowest BCUT2D eigenvalue weighted by atomic mass is 9.90. The van der Waals surface area contributed by atoms with E-state index in [1.54, 1.807) is 0 Å². The number of hydrogen-bond donors (Lipinski definition) is 8. The van der Waals surface area contributed by atoms with Gasteiger partial charge in [0, 0.05) is 45.6 Å². The Morgan fingerprint density at radius 3 is 1.22 bits per heavy atom. The van der Waals surface area contributed by atoms with E-state index < -0.39 is 36.9 Å². The van der Waals surface area contributed by atoms with E-state index in [-0.39, 0.29) is 24.9 Å². The minimum atomic E-state index is -1.99. The SMILES string of the molecule is CCCCN(C)CCCCN(C)CC(CCCCCCNC(=O)CCC(C)CCCC(C)CCCCC(C)CCCC(C)CCC(=O)NCCNC(=O)[C@H](O)[C@@H](O)[C@H](O)[C@H](O)CO)CN(C)CCCCN(C)CCCC. The normalized spacial score (nSPS) is 15.3. The van der Waals surface area contributed by atoms with E-state index in [1.807, 2.05) is 0 Å². The molecule has 4 unspecified atom stereocenters. The van der Waals surface area contributed by atoms with Crippen molar-refractivity contribution in [3.63, 3.8) is 0 Å². The molecule has 8 N–H and O–H groups in total. The Labute approximate surface area is 467 Å². The number of carbonyl (C=O) groups excluding carboxylic acids is 3. The average Bonchev–Trinajstić information content (AvgIpc) is 3.39. The second kappa shape index (κ2) is 48.9. The third-order valence-corrected chi connectivity index (χ3v) is 15.9. The highest BCUT2D eigenvalue weighted by molar-refractivity contribution is 5.81. The van der Waals surface area contributed by atoms with Gasteiger partial charge in [-0.3, -0.25) is 14.4 Å². The molecule has 0 fully saturated rings. The van der Waals surface area contributed by atoms with Crippen LogP contribution in [-0.2, 0) is 14.4 Å². The van der Waals surface area contributed by atoms with Gasteiger partial charge in [0.2, 0.25) is 11.8 Å². The number of hydrogen-bond acceptors (Lipinski definition) is 12. The monoisotopic (exact) mass is 1080 g/mol. The van der Waals surface area contributed by atoms with E-state index in [4.69, 9.17) is 5.11 Å². The summed E-state index contributed by atoms with van der Waals surface area (Å²) in [6.07, 6.45) is 23.8. The first-order valence-corrected chi connectivity index (χ1v) is 31.2. The second-order valence-corrected chi connectivity index (χ2v) is 24.1. The number of unbranched alkanes of at least 4 members (excludes halogenated alkanes) is 8. The van der Waals surface area contributed by atoms with Crippen LogP contribution >= 0.6 is 0 Å². The van der Waals surface area contributed by atoms with E-state index in [9.17, 15) is 34.8 Å². The van der Waals surface area contributed by atoms with Crippen LogP contribution in [0.4, 0.5) is 0 Å². The Bertz CT molecular complexity index is 1340. The summed E-state index contributed by atoms with van der Waals surface area (Å²) in [6, 6.07) is 0. The van der Waals surface area contributed by atoms with Crippen LogP contribution in [0.15, 0.2) is 0 Å². The molecule has 8 atom stereocenters. The van der Waals surface area contributed by atoms with Crippen molar-refractivity contribution in [3.05, 3.63) is 0 Å². The van der Waals surface area contributed by atoms with Gasteiger partial charge in [-0.15, -0.1) is 0 Å². The Morgan fingerprint density at radius 1 is 0.408 bits per heavy atom. The van der Waals surface area contributed by atoms with Crippen molar-refractivity contribution in [2.45, 2.75) is 239 Å². The van der Waals surface area contributed by atoms with E-state index in [1.165, 1.54) is 181 Å². The molecular formula is C61H125N7O8. The standard InChI is InChI=1S/C61H125N7O8/c1-11-13-41-65(7)43-21-23-45-67(9)47-54(48-68(10)46-24-22-44-66(8)42-14-12-2)33-17-15-16-20-38-62-56(71)36-34-52(5)31-25-29-50(3)27-18-19-28-51(4)30-26-32-53(6)35-37-57(72)63-39-40-64-61(76)60(75)59(74)58(73)55(70)49-69/h50-55,58-60,69-70,73-75H,11-49H2,1-10H3,(H,62,71)(H,63,72)(H,64,76)/t50?,51?,52?,53?,55-,58-,59+,60-/m1/s1. The van der Waals surface area contributed by atoms with Crippen LogP contribution < -0.4 is 16.0 Å². The molecule has 0 aromatic carbocycles. The van der Waals surface area contributed by atoms with Crippen molar-refractivity contribution >= 4 is 17.7 Å². The number of aliphatic hydroxyl groups excluding tert-OH is 5. The summed E-state index contributed by atoms with van der Waals surface area (Å²) >= 11 is 0. The van der Waals surface area contributed by atoms with Gasteiger partial charge in [0.25, 0.3) is 5.91 Å². The fraction of sp³-hybridized carbons (Fsp3) is 0.951. The summed E-state index contributed by atoms with van der Waals surface area (Å²) in [5.41, 5.74) is 0. The molecule has 15 heteroatoms. The average molecular weight is 1080 g/mol. The zero-order valence-corrected chi connectivity index (χ0v) is 51.0. The molecule has 0 bridgehead atoms. The number of amides is 3. The van der Waals surface area contributed by atoms with Gasteiger partial charge < -0.3 is 61.1 Å². The highest BCUT2D eigenvalue weighted by Gasteiger charge is 2.34. The summed E-state index contributed by atoms with van der Waals surface area (Å²) in [5, 5.41) is 56.0. The van der Waals surface area contributed by atoms with Gasteiger partial charge in [0.1, 0.15) is 18.3 Å². The van der Waals surface area contributed by atoms with Crippen LogP contribution in [0.5, 0.6) is 0 Å². The fourth-order valence-electron chi connectivity index (χ4n) is 10.3. The van der Waals surface area contributed by atoms with Crippen molar-refractivity contribution in [1.29, 1.82) is 0 Å². The van der Waals surface area contributed by atoms with Crippen molar-refractivity contribution in [3.8, 4) is 0 Å². The van der Waals surface area contributed by atoms with Crippen LogP contribution in [0.3, 0.4) is 0 Å². The highest BCUT2D eigenvalue weighted by atomic mass is 16.4. The van der Waals surface area contributed by atoms with Crippen molar-refractivity contribution in [1.82, 2.24) is 35.6 Å². The minimum Gasteiger partial charge on any atom is -0.394 e. The third-order valence-electron chi connectivity index (χ3n) is 15.9. The molecule has 0 heterocycles. The van der Waals surface area contributed by atoms with Crippen LogP contribution in [-0.4, -0.2) is 194 Å². The Balaban J connectivity index is 4.19. The van der Waals surface area contributed by atoms with Crippen LogP contribution in [0.25, 0.3) is 0 Å². The van der Waals surface area contributed by atoms with Crippen molar-refractivity contribution < 1.29 is 39.9 Å². The predicted octanol–water partition coefficient (Wildman–Crippen LogP) is 8.23. The summed E-state index contributed by atoms with van der Waals surface area (Å²) < 4.78 is 0. The summed E-state index contributed by atoms with van der Waals surface area (Å²) in [5.74, 6) is 2.29. The van der Waals surface area contributed by atoms with Crippen molar-refractivity contribution in [2.75, 3.05) is 107 Å². The topological polar surface area (TPSA) is 201 Å². The number of nitrogens with zero attached hydrogens (tertiary/aromatic N) is 4. The minimum absolute atomic E-state index is 0.0252. The first kappa shape index (κ1) is 74.0. The smallest absolute Gasteiger partial charge is 0.251 e. The fourth-order valence-corrected chi connectivity index (χ4v) is 10.3. The molecule has 0 aliphatic rings. The lowest BCUT2D eigenvalue weighted by Gasteiger charge is -2.28. The number of carbonyl (C=O) groups is 3. The van der Waals surface area contributed by atoms with Crippen LogP contribution in [0, 0.1) is 29.6 Å². The lowest BCUT2D eigenvalue weighted by Crippen LogP contribution is -2.52. The molecule has 3 amide bonds. The number of aliphatic hydroxyl groups is 5. The molecule has 0 aliphatic carbocycles. The van der Waals surface area contributed by atoms with Gasteiger partial charge in [-0.05, 0) is 161 Å². The number of nitrogens with one attached hydrogen (secondary N) is 3. The van der Waals surface area contributed by atoms with Gasteiger partial charge in [-0.2, -0.15) is 0 Å². The maximum absolute atomic E-state index is 12.7. The molecular weight excluding hydrogens is 959 g/mol. The molecule has 76 heavy (non-hydrogen) atoms. The molecule has 0 saturated heterocycles. The van der Waals surface area contributed by atoms with Gasteiger partial charge in [-0.25, -0.2) is 0 Å². The van der Waals surface area contributed by atoms with Gasteiger partial charge in [0.15, 0.2) is 6.10 Å². The maximum atomic E-state index is 12.7.